The molecule has 1 atom stereocenters. The number of fused-ring (bicyclic) bond motifs is 2. The molecule has 0 bridgehead atoms. The Morgan fingerprint density at radius 1 is 1.31 bits per heavy atom. The number of Topliss-reactive ketones (excluding diaryl/α,β-unsaturated/α-hetero) is 1. The van der Waals surface area contributed by atoms with Gasteiger partial charge in [0.2, 0.25) is 5.91 Å². The predicted octanol–water partition coefficient (Wildman–Crippen LogP) is 2.26. The molecule has 16 heavy (non-hydrogen) atoms. The van der Waals surface area contributed by atoms with Crippen molar-refractivity contribution in [2.24, 2.45) is 0 Å². The summed E-state index contributed by atoms with van der Waals surface area (Å²) in [6.07, 6.45) is 2.25. The van der Waals surface area contributed by atoms with Gasteiger partial charge < -0.3 is 5.32 Å². The third kappa shape index (κ3) is 1.14. The van der Waals surface area contributed by atoms with Crippen LogP contribution in [0.2, 0.25) is 0 Å². The monoisotopic (exact) mass is 215 g/mol. The lowest BCUT2D eigenvalue weighted by molar-refractivity contribution is -0.117. The molecule has 3 nitrogen and oxygen atoms in total. The second-order valence-electron chi connectivity index (χ2n) is 4.47. The van der Waals surface area contributed by atoms with Crippen molar-refractivity contribution in [3.05, 3.63) is 28.8 Å². The predicted molar refractivity (Wildman–Crippen MR) is 60.8 cm³/mol. The van der Waals surface area contributed by atoms with E-state index in [1.165, 1.54) is 0 Å². The number of nitrogens with one attached hydrogen (secondary N) is 1. The highest BCUT2D eigenvalue weighted by atomic mass is 16.2. The van der Waals surface area contributed by atoms with E-state index in [1.807, 2.05) is 19.1 Å². The number of ketones is 1. The normalized spacial score (nSPS) is 21.9. The molecular formula is C13H13NO2. The zero-order valence-electron chi connectivity index (χ0n) is 9.17. The van der Waals surface area contributed by atoms with Crippen molar-refractivity contribution < 1.29 is 9.59 Å². The molecular weight excluding hydrogens is 202 g/mol. The summed E-state index contributed by atoms with van der Waals surface area (Å²) in [5.41, 5.74) is 3.82. The Morgan fingerprint density at radius 3 is 2.88 bits per heavy atom. The molecule has 1 heterocycles. The van der Waals surface area contributed by atoms with Crippen LogP contribution in [0.5, 0.6) is 0 Å². The summed E-state index contributed by atoms with van der Waals surface area (Å²) in [6.45, 7) is 2.01. The molecule has 0 radical (unpaired) electrons. The summed E-state index contributed by atoms with van der Waals surface area (Å²) in [5, 5.41) is 2.86. The Morgan fingerprint density at radius 2 is 2.12 bits per heavy atom. The zero-order chi connectivity index (χ0) is 11.3. The Kier molecular flexibility index (Phi) is 1.90. The molecule has 82 valence electrons. The van der Waals surface area contributed by atoms with Crippen LogP contribution in [0.15, 0.2) is 12.1 Å². The van der Waals surface area contributed by atoms with Crippen molar-refractivity contribution in [1.29, 1.82) is 0 Å². The van der Waals surface area contributed by atoms with E-state index in [2.05, 4.69) is 5.32 Å². The number of amides is 1. The molecule has 1 aromatic carbocycles. The first-order chi connectivity index (χ1) is 7.70. The molecule has 2 aliphatic rings. The van der Waals surface area contributed by atoms with Crippen molar-refractivity contribution in [3.63, 3.8) is 0 Å². The Labute approximate surface area is 93.8 Å². The van der Waals surface area contributed by atoms with Gasteiger partial charge in [0, 0.05) is 17.7 Å². The smallest absolute Gasteiger partial charge is 0.231 e. The molecule has 0 saturated heterocycles. The second-order valence-corrected chi connectivity index (χ2v) is 4.47. The van der Waals surface area contributed by atoms with Crippen molar-refractivity contribution >= 4 is 17.4 Å². The van der Waals surface area contributed by atoms with Crippen LogP contribution in [0.25, 0.3) is 0 Å². The number of hydrogen-bond donors (Lipinski definition) is 1. The van der Waals surface area contributed by atoms with Gasteiger partial charge in [0.1, 0.15) is 0 Å². The van der Waals surface area contributed by atoms with Crippen LogP contribution in [0.3, 0.4) is 0 Å². The van der Waals surface area contributed by atoms with Crippen molar-refractivity contribution in [3.8, 4) is 0 Å². The van der Waals surface area contributed by atoms with Crippen LogP contribution in [0, 0.1) is 0 Å². The summed E-state index contributed by atoms with van der Waals surface area (Å²) in [7, 11) is 0. The fourth-order valence-corrected chi connectivity index (χ4v) is 2.68. The van der Waals surface area contributed by atoms with E-state index in [9.17, 15) is 9.59 Å². The van der Waals surface area contributed by atoms with E-state index in [0.29, 0.717) is 6.42 Å². The highest BCUT2D eigenvalue weighted by Gasteiger charge is 2.32. The van der Waals surface area contributed by atoms with Gasteiger partial charge in [0.25, 0.3) is 0 Å². The third-order valence-corrected chi connectivity index (χ3v) is 3.56. The maximum atomic E-state index is 11.7. The Hall–Kier alpha value is -1.64. The molecule has 1 amide bonds. The van der Waals surface area contributed by atoms with Gasteiger partial charge >= 0.3 is 0 Å². The summed E-state index contributed by atoms with van der Waals surface area (Å²) < 4.78 is 0. The van der Waals surface area contributed by atoms with Crippen LogP contribution in [0.1, 0.15) is 47.2 Å². The quantitative estimate of drug-likeness (QED) is 0.781. The van der Waals surface area contributed by atoms with Gasteiger partial charge in [-0.2, -0.15) is 0 Å². The molecule has 0 saturated carbocycles. The molecule has 1 aromatic rings. The summed E-state index contributed by atoms with van der Waals surface area (Å²) in [5.74, 6) is 0.233. The van der Waals surface area contributed by atoms with Crippen LogP contribution in [-0.4, -0.2) is 11.7 Å². The standard InChI is InChI=1S/C13H13NO2/c1-2-8-10-5-7-3-4-12(15)9(7)6-11(10)14-13(8)16/h5-6,8H,2-4H2,1H3,(H,14,16). The van der Waals surface area contributed by atoms with E-state index in [-0.39, 0.29) is 17.6 Å². The van der Waals surface area contributed by atoms with Crippen molar-refractivity contribution in [2.75, 3.05) is 5.32 Å². The van der Waals surface area contributed by atoms with Gasteiger partial charge in [-0.25, -0.2) is 0 Å². The zero-order valence-corrected chi connectivity index (χ0v) is 9.17. The lowest BCUT2D eigenvalue weighted by atomic mass is 9.95. The average molecular weight is 215 g/mol. The van der Waals surface area contributed by atoms with Crippen LogP contribution in [-0.2, 0) is 11.2 Å². The van der Waals surface area contributed by atoms with Crippen molar-refractivity contribution in [2.45, 2.75) is 32.1 Å². The summed E-state index contributed by atoms with van der Waals surface area (Å²) in [6, 6.07) is 3.90. The number of anilines is 1. The minimum absolute atomic E-state index is 0.0315. The van der Waals surface area contributed by atoms with Gasteiger partial charge in [-0.1, -0.05) is 13.0 Å². The molecule has 1 unspecified atom stereocenters. The first-order valence-electron chi connectivity index (χ1n) is 5.71. The minimum Gasteiger partial charge on any atom is -0.325 e. The lowest BCUT2D eigenvalue weighted by Gasteiger charge is -2.06. The molecule has 0 spiro atoms. The first kappa shape index (κ1) is 9.58. The number of rotatable bonds is 1. The molecule has 3 rings (SSSR count). The van der Waals surface area contributed by atoms with Crippen LogP contribution >= 0.6 is 0 Å². The Balaban J connectivity index is 2.15. The number of benzene rings is 1. The van der Waals surface area contributed by atoms with Gasteiger partial charge in [-0.3, -0.25) is 9.59 Å². The van der Waals surface area contributed by atoms with Crippen LogP contribution < -0.4 is 5.32 Å². The fourth-order valence-electron chi connectivity index (χ4n) is 2.68. The number of carbonyl (C=O) groups excluding carboxylic acids is 2. The van der Waals surface area contributed by atoms with E-state index < -0.39 is 0 Å². The molecule has 1 N–H and O–H groups in total. The molecule has 1 aliphatic carbocycles. The number of carbonyl (C=O) groups is 2. The van der Waals surface area contributed by atoms with Gasteiger partial charge in [0.15, 0.2) is 5.78 Å². The molecule has 0 fully saturated rings. The minimum atomic E-state index is -0.0315. The van der Waals surface area contributed by atoms with Gasteiger partial charge in [-0.15, -0.1) is 0 Å². The van der Waals surface area contributed by atoms with Crippen LogP contribution in [0.4, 0.5) is 5.69 Å². The van der Waals surface area contributed by atoms with E-state index in [1.54, 1.807) is 0 Å². The highest BCUT2D eigenvalue weighted by molar-refractivity contribution is 6.07. The lowest BCUT2D eigenvalue weighted by Crippen LogP contribution is -2.10. The fraction of sp³-hybridized carbons (Fsp3) is 0.385. The van der Waals surface area contributed by atoms with E-state index in [4.69, 9.17) is 0 Å². The highest BCUT2D eigenvalue weighted by Crippen LogP contribution is 2.38. The van der Waals surface area contributed by atoms with Crippen molar-refractivity contribution in [1.82, 2.24) is 0 Å². The Bertz CT molecular complexity index is 505. The van der Waals surface area contributed by atoms with E-state index in [0.717, 1.165) is 35.2 Å². The largest absolute Gasteiger partial charge is 0.325 e. The third-order valence-electron chi connectivity index (χ3n) is 3.56. The van der Waals surface area contributed by atoms with Gasteiger partial charge in [-0.05, 0) is 30.0 Å². The molecule has 1 aliphatic heterocycles. The average Bonchev–Trinajstić information content (AvgIpc) is 2.76. The molecule has 3 heteroatoms. The summed E-state index contributed by atoms with van der Waals surface area (Å²) >= 11 is 0. The second kappa shape index (κ2) is 3.17. The first-order valence-corrected chi connectivity index (χ1v) is 5.71. The van der Waals surface area contributed by atoms with Gasteiger partial charge in [0.05, 0.1) is 5.92 Å². The SMILES string of the molecule is CCC1C(=O)Nc2cc3c(cc21)CCC3=O. The maximum absolute atomic E-state index is 11.7. The maximum Gasteiger partial charge on any atom is 0.231 e. The topological polar surface area (TPSA) is 46.2 Å². The van der Waals surface area contributed by atoms with E-state index >= 15 is 0 Å². The number of aryl methyl sites for hydroxylation is 1. The summed E-state index contributed by atoms with van der Waals surface area (Å²) in [4.78, 5) is 23.3. The number of hydrogen-bond acceptors (Lipinski definition) is 2. The molecule has 0 aromatic heterocycles.